The molecule has 4 N–H and O–H groups in total. The lowest BCUT2D eigenvalue weighted by Crippen LogP contribution is -2.55. The lowest BCUT2D eigenvalue weighted by Gasteiger charge is -2.26. The third kappa shape index (κ3) is 4.53. The van der Waals surface area contributed by atoms with Crippen LogP contribution < -0.4 is 16.5 Å². The van der Waals surface area contributed by atoms with E-state index in [4.69, 9.17) is 5.73 Å². The zero-order valence-corrected chi connectivity index (χ0v) is 17.1. The van der Waals surface area contributed by atoms with Gasteiger partial charge in [0.2, 0.25) is 0 Å². The SMILES string of the molecule is Nc1nc(NCCN[N+]23C=C(c4ccc(F)cc4F)N=CC2=NC=N3)ccc1C(=O)C(F)(F)F. The molecule has 0 radical (unpaired) electrons. The highest BCUT2D eigenvalue weighted by Gasteiger charge is 2.41. The molecule has 9 nitrogen and oxygen atoms in total. The topological polar surface area (TPSA) is 117 Å². The molecule has 2 aliphatic heterocycles. The Hall–Kier alpha value is -4.04. The number of amidine groups is 1. The number of rotatable bonds is 7. The Morgan fingerprint density at radius 2 is 1.91 bits per heavy atom. The van der Waals surface area contributed by atoms with Crippen molar-refractivity contribution in [1.82, 2.24) is 10.4 Å². The van der Waals surface area contributed by atoms with Crippen LogP contribution in [-0.2, 0) is 0 Å². The average Bonchev–Trinajstić information content (AvgIpc) is 3.19. The summed E-state index contributed by atoms with van der Waals surface area (Å²) in [5.41, 5.74) is 8.12. The number of carbonyl (C=O) groups excluding carboxylic acids is 1. The quantitative estimate of drug-likeness (QED) is 0.244. The number of hydrogen-bond donors (Lipinski definition) is 3. The molecule has 1 aromatic heterocycles. The van der Waals surface area contributed by atoms with Crippen molar-refractivity contribution < 1.29 is 31.4 Å². The Labute approximate surface area is 188 Å². The molecule has 3 heterocycles. The number of benzene rings is 1. The number of nitrogens with two attached hydrogens (primary N) is 1. The highest BCUT2D eigenvalue weighted by molar-refractivity contribution is 6.29. The van der Waals surface area contributed by atoms with Crippen LogP contribution in [0.15, 0.2) is 51.6 Å². The van der Waals surface area contributed by atoms with Crippen LogP contribution in [0.2, 0.25) is 0 Å². The zero-order chi connectivity index (χ0) is 24.5. The van der Waals surface area contributed by atoms with Crippen LogP contribution in [0.25, 0.3) is 5.70 Å². The first-order valence-electron chi connectivity index (χ1n) is 9.70. The van der Waals surface area contributed by atoms with E-state index in [1.165, 1.54) is 30.9 Å². The molecule has 0 aliphatic carbocycles. The second kappa shape index (κ2) is 8.72. The van der Waals surface area contributed by atoms with E-state index in [2.05, 4.69) is 30.8 Å². The van der Waals surface area contributed by atoms with Crippen molar-refractivity contribution in [1.29, 1.82) is 0 Å². The Kier molecular flexibility index (Phi) is 5.93. The molecule has 0 bridgehead atoms. The summed E-state index contributed by atoms with van der Waals surface area (Å²) in [6.07, 6.45) is -0.878. The first kappa shape index (κ1) is 23.1. The molecule has 0 spiro atoms. The number of ketones is 1. The van der Waals surface area contributed by atoms with E-state index in [0.29, 0.717) is 5.84 Å². The third-order valence-electron chi connectivity index (χ3n) is 4.82. The highest BCUT2D eigenvalue weighted by Crippen LogP contribution is 2.28. The molecule has 1 atom stereocenters. The minimum absolute atomic E-state index is 0.0735. The fourth-order valence-corrected chi connectivity index (χ4v) is 3.21. The summed E-state index contributed by atoms with van der Waals surface area (Å²) < 4.78 is 64.9. The van der Waals surface area contributed by atoms with Gasteiger partial charge in [0.15, 0.2) is 12.5 Å². The number of quaternary nitrogens is 1. The molecule has 0 saturated heterocycles. The summed E-state index contributed by atoms with van der Waals surface area (Å²) in [6, 6.07) is 5.26. The maximum Gasteiger partial charge on any atom is 0.455 e. The molecule has 176 valence electrons. The Morgan fingerprint density at radius 3 is 2.62 bits per heavy atom. The summed E-state index contributed by atoms with van der Waals surface area (Å²) in [5, 5.41) is 7.11. The summed E-state index contributed by atoms with van der Waals surface area (Å²) in [6.45, 7) is 0.442. The van der Waals surface area contributed by atoms with E-state index in [9.17, 15) is 26.7 Å². The van der Waals surface area contributed by atoms with Gasteiger partial charge in [-0.2, -0.15) is 18.2 Å². The van der Waals surface area contributed by atoms with Crippen LogP contribution in [0.3, 0.4) is 0 Å². The van der Waals surface area contributed by atoms with Crippen molar-refractivity contribution in [3.05, 3.63) is 59.3 Å². The molecule has 2 aliphatic rings. The number of anilines is 2. The maximum atomic E-state index is 14.2. The molecule has 2 aromatic rings. The maximum absolute atomic E-state index is 14.2. The monoisotopic (exact) mass is 479 g/mol. The lowest BCUT2D eigenvalue weighted by atomic mass is 10.1. The van der Waals surface area contributed by atoms with Crippen molar-refractivity contribution >= 4 is 41.5 Å². The number of pyridine rings is 1. The Bertz CT molecular complexity index is 1270. The van der Waals surface area contributed by atoms with Crippen LogP contribution in [0.5, 0.6) is 0 Å². The normalized spacial score (nSPS) is 19.0. The van der Waals surface area contributed by atoms with Crippen LogP contribution in [-0.4, -0.2) is 53.1 Å². The van der Waals surface area contributed by atoms with Crippen LogP contribution in [0.1, 0.15) is 15.9 Å². The third-order valence-corrected chi connectivity index (χ3v) is 4.82. The highest BCUT2D eigenvalue weighted by atomic mass is 19.4. The molecule has 0 fully saturated rings. The minimum atomic E-state index is -5.06. The number of halogens is 5. The van der Waals surface area contributed by atoms with Crippen LogP contribution >= 0.6 is 0 Å². The van der Waals surface area contributed by atoms with E-state index in [1.54, 1.807) is 0 Å². The van der Waals surface area contributed by atoms with Crippen molar-refractivity contribution in [3.63, 3.8) is 0 Å². The molecule has 34 heavy (non-hydrogen) atoms. The van der Waals surface area contributed by atoms with E-state index in [-0.39, 0.29) is 34.9 Å². The van der Waals surface area contributed by atoms with E-state index >= 15 is 0 Å². The molecular formula is C20H16F5N8O+. The molecule has 4 rings (SSSR count). The van der Waals surface area contributed by atoms with Gasteiger partial charge in [-0.3, -0.25) is 4.79 Å². The molecule has 0 amide bonds. The molecule has 14 heteroatoms. The number of nitrogen functional groups attached to an aromatic ring is 1. The number of hydrogen-bond acceptors (Lipinski definition) is 8. The molecule has 1 aromatic carbocycles. The van der Waals surface area contributed by atoms with Gasteiger partial charge in [0, 0.05) is 18.2 Å². The molecule has 1 unspecified atom stereocenters. The van der Waals surface area contributed by atoms with Crippen molar-refractivity contribution in [2.45, 2.75) is 6.18 Å². The number of nitrogens with zero attached hydrogens (tertiary/aromatic N) is 5. The zero-order valence-electron chi connectivity index (χ0n) is 17.1. The van der Waals surface area contributed by atoms with Gasteiger partial charge in [0.1, 0.15) is 35.2 Å². The van der Waals surface area contributed by atoms with Crippen molar-refractivity contribution in [2.24, 2.45) is 15.1 Å². The number of nitrogens with one attached hydrogen (secondary N) is 2. The Morgan fingerprint density at radius 1 is 1.12 bits per heavy atom. The fourth-order valence-electron chi connectivity index (χ4n) is 3.21. The fraction of sp³-hybridized carbons (Fsp3) is 0.150. The average molecular weight is 479 g/mol. The van der Waals surface area contributed by atoms with E-state index in [1.807, 2.05) is 0 Å². The number of Topliss-reactive ketones (excluding diaryl/α,β-unsaturated/α-hetero) is 1. The summed E-state index contributed by atoms with van der Waals surface area (Å²) in [4.78, 5) is 23.4. The van der Waals surface area contributed by atoms with Gasteiger partial charge >= 0.3 is 6.18 Å². The summed E-state index contributed by atoms with van der Waals surface area (Å²) in [7, 11) is 0. The van der Waals surface area contributed by atoms with E-state index < -0.39 is 35.0 Å². The van der Waals surface area contributed by atoms with Crippen molar-refractivity contribution in [3.8, 4) is 0 Å². The number of aromatic nitrogens is 1. The summed E-state index contributed by atoms with van der Waals surface area (Å²) in [5.74, 6) is -3.59. The molecule has 0 saturated carbocycles. The second-order valence-electron chi connectivity index (χ2n) is 7.09. The minimum Gasteiger partial charge on any atom is -0.383 e. The first-order valence-corrected chi connectivity index (χ1v) is 9.70. The van der Waals surface area contributed by atoms with Gasteiger partial charge in [0.05, 0.1) is 12.1 Å². The first-order chi connectivity index (χ1) is 16.1. The van der Waals surface area contributed by atoms with Crippen LogP contribution in [0, 0.1) is 11.6 Å². The van der Waals surface area contributed by atoms with Gasteiger partial charge in [-0.25, -0.2) is 18.8 Å². The number of carbonyl (C=O) groups is 1. The standard InChI is InChI=1S/C20H15F5N8O/c21-11-1-2-12(14(22)7-11)15-9-33(17(8-28-15)29-10-31-33)30-6-5-27-16-4-3-13(19(26)32-16)18(34)20(23,24)25/h1-4,7-10,30H,5-6H2,(H2-,26,27,32,34)/p+1. The smallest absolute Gasteiger partial charge is 0.383 e. The molecular weight excluding hydrogens is 463 g/mol. The van der Waals surface area contributed by atoms with Gasteiger partial charge in [-0.15, -0.1) is 5.43 Å². The Balaban J connectivity index is 1.43. The summed E-state index contributed by atoms with van der Waals surface area (Å²) >= 11 is 0. The largest absolute Gasteiger partial charge is 0.455 e. The van der Waals surface area contributed by atoms with Crippen molar-refractivity contribution in [2.75, 3.05) is 24.1 Å². The number of aliphatic imine (C=N–C) groups is 2. The number of alkyl halides is 3. The second-order valence-corrected chi connectivity index (χ2v) is 7.09. The number of fused-ring (bicyclic) bond motifs is 1. The predicted molar refractivity (Wildman–Crippen MR) is 115 cm³/mol. The van der Waals surface area contributed by atoms with Gasteiger partial charge in [-0.1, -0.05) is 0 Å². The van der Waals surface area contributed by atoms with Gasteiger partial charge < -0.3 is 11.1 Å². The van der Waals surface area contributed by atoms with Gasteiger partial charge in [0.25, 0.3) is 11.6 Å². The lowest BCUT2D eigenvalue weighted by molar-refractivity contribution is -0.838. The predicted octanol–water partition coefficient (Wildman–Crippen LogP) is 2.86. The van der Waals surface area contributed by atoms with Crippen LogP contribution in [0.4, 0.5) is 33.6 Å². The van der Waals surface area contributed by atoms with Gasteiger partial charge in [-0.05, 0) is 34.1 Å². The van der Waals surface area contributed by atoms with E-state index in [0.717, 1.165) is 18.2 Å².